The fraction of sp³-hybridized carbons (Fsp3) is 0.920. The van der Waals surface area contributed by atoms with Crippen molar-refractivity contribution in [3.8, 4) is 0 Å². The van der Waals surface area contributed by atoms with Gasteiger partial charge in [0.1, 0.15) is 0 Å². The molecule has 0 spiro atoms. The minimum Gasteiger partial charge on any atom is -0.411 e. The largest absolute Gasteiger partial charge is 0.411 e. The van der Waals surface area contributed by atoms with E-state index in [1.807, 2.05) is 6.08 Å². The first-order valence-corrected chi connectivity index (χ1v) is 15.2. The third kappa shape index (κ3) is 9.67. The normalized spacial score (nSPS) is 24.0. The van der Waals surface area contributed by atoms with Crippen LogP contribution in [0.4, 0.5) is 0 Å². The quantitative estimate of drug-likeness (QED) is 0.168. The van der Waals surface area contributed by atoms with E-state index in [2.05, 4.69) is 47.4 Å². The molecule has 0 aromatic carbocycles. The minimum absolute atomic E-state index is 0.0582. The predicted molar refractivity (Wildman–Crippen MR) is 128 cm³/mol. The first kappa shape index (κ1) is 26.9. The Morgan fingerprint density at radius 3 is 2.38 bits per heavy atom. The van der Waals surface area contributed by atoms with Crippen molar-refractivity contribution in [2.75, 3.05) is 0 Å². The number of hydrogen-bond acceptors (Lipinski definition) is 3. The second kappa shape index (κ2) is 13.3. The molecule has 0 aliphatic carbocycles. The van der Waals surface area contributed by atoms with Crippen LogP contribution in [0.5, 0.6) is 0 Å². The Morgan fingerprint density at radius 2 is 1.76 bits per heavy atom. The summed E-state index contributed by atoms with van der Waals surface area (Å²) in [6.07, 6.45) is 15.4. The Kier molecular flexibility index (Phi) is 12.3. The minimum atomic E-state index is -1.84. The van der Waals surface area contributed by atoms with Gasteiger partial charge in [0.15, 0.2) is 8.32 Å². The average Bonchev–Trinajstić information content (AvgIpc) is 3.02. The molecule has 0 radical (unpaired) electrons. The second-order valence-corrected chi connectivity index (χ2v) is 15.3. The highest BCUT2D eigenvalue weighted by Gasteiger charge is 2.45. The van der Waals surface area contributed by atoms with Crippen molar-refractivity contribution in [1.29, 1.82) is 0 Å². The number of ether oxygens (including phenoxy) is 1. The van der Waals surface area contributed by atoms with Crippen molar-refractivity contribution in [2.24, 2.45) is 0 Å². The Labute approximate surface area is 182 Å². The van der Waals surface area contributed by atoms with Gasteiger partial charge in [-0.1, -0.05) is 78.7 Å². The summed E-state index contributed by atoms with van der Waals surface area (Å²) in [5.41, 5.74) is 0. The number of allylic oxidation sites excluding steroid dienone is 1. The van der Waals surface area contributed by atoms with Gasteiger partial charge in [0.05, 0.1) is 24.4 Å². The molecule has 0 bridgehead atoms. The molecule has 0 aromatic rings. The first-order valence-electron chi connectivity index (χ1n) is 12.2. The van der Waals surface area contributed by atoms with Gasteiger partial charge in [-0.3, -0.25) is 0 Å². The molecule has 1 saturated heterocycles. The lowest BCUT2D eigenvalue weighted by Crippen LogP contribution is -2.46. The summed E-state index contributed by atoms with van der Waals surface area (Å²) < 4.78 is 13.1. The molecular weight excluding hydrogens is 376 g/mol. The van der Waals surface area contributed by atoms with Crippen LogP contribution in [0.15, 0.2) is 12.7 Å². The van der Waals surface area contributed by atoms with Gasteiger partial charge in [-0.25, -0.2) is 0 Å². The third-order valence-electron chi connectivity index (χ3n) is 6.91. The van der Waals surface area contributed by atoms with E-state index in [1.54, 1.807) is 0 Å². The monoisotopic (exact) mass is 426 g/mol. The van der Waals surface area contributed by atoms with Crippen LogP contribution in [-0.2, 0) is 9.16 Å². The summed E-state index contributed by atoms with van der Waals surface area (Å²) in [6.45, 7) is 17.6. The second-order valence-electron chi connectivity index (χ2n) is 10.6. The van der Waals surface area contributed by atoms with Crippen molar-refractivity contribution < 1.29 is 14.3 Å². The van der Waals surface area contributed by atoms with Gasteiger partial charge in [0.2, 0.25) is 0 Å². The fourth-order valence-electron chi connectivity index (χ4n) is 3.88. The van der Waals surface area contributed by atoms with Crippen molar-refractivity contribution >= 4 is 8.32 Å². The van der Waals surface area contributed by atoms with E-state index >= 15 is 0 Å². The maximum atomic E-state index is 10.8. The molecule has 1 aliphatic rings. The van der Waals surface area contributed by atoms with E-state index in [0.717, 1.165) is 32.1 Å². The SMILES string of the molecule is C=CCCCCCCC[C@H](O)[C@H]1C[C@@H](O[Si](C)(C)C(C)(C)C)[C@@H](CCCCC)O1. The van der Waals surface area contributed by atoms with Crippen LogP contribution in [0.3, 0.4) is 0 Å². The van der Waals surface area contributed by atoms with Crippen LogP contribution in [0.25, 0.3) is 0 Å². The number of aliphatic hydroxyl groups excluding tert-OH is 1. The molecule has 1 aliphatic heterocycles. The van der Waals surface area contributed by atoms with E-state index < -0.39 is 8.32 Å². The van der Waals surface area contributed by atoms with Crippen LogP contribution >= 0.6 is 0 Å². The van der Waals surface area contributed by atoms with Crippen LogP contribution in [0.2, 0.25) is 18.1 Å². The van der Waals surface area contributed by atoms with Crippen molar-refractivity contribution in [3.05, 3.63) is 12.7 Å². The molecular formula is C25H50O3Si. The first-order chi connectivity index (χ1) is 13.6. The van der Waals surface area contributed by atoms with Crippen LogP contribution in [-0.4, -0.2) is 37.8 Å². The zero-order valence-corrected chi connectivity index (χ0v) is 21.3. The van der Waals surface area contributed by atoms with Crippen LogP contribution in [0, 0.1) is 0 Å². The molecule has 1 fully saturated rings. The maximum absolute atomic E-state index is 10.8. The van der Waals surface area contributed by atoms with Gasteiger partial charge in [0.25, 0.3) is 0 Å². The molecule has 4 atom stereocenters. The van der Waals surface area contributed by atoms with Gasteiger partial charge in [-0.2, -0.15) is 0 Å². The average molecular weight is 427 g/mol. The Morgan fingerprint density at radius 1 is 1.10 bits per heavy atom. The van der Waals surface area contributed by atoms with Crippen molar-refractivity contribution in [1.82, 2.24) is 0 Å². The highest BCUT2D eigenvalue weighted by atomic mass is 28.4. The van der Waals surface area contributed by atoms with E-state index in [4.69, 9.17) is 9.16 Å². The molecule has 29 heavy (non-hydrogen) atoms. The molecule has 0 amide bonds. The molecule has 0 aromatic heterocycles. The standard InChI is InChI=1S/C25H50O3Si/c1-8-10-12-13-14-15-17-18-21(26)23-20-24(22(27-23)19-16-11-9-2)28-29(6,7)25(3,4)5/h8,21-24,26H,1,9-20H2,2-7H3/t21-,22+,23+,24+/m0/s1. The van der Waals surface area contributed by atoms with Gasteiger partial charge in [-0.15, -0.1) is 6.58 Å². The number of rotatable bonds is 15. The van der Waals surface area contributed by atoms with Gasteiger partial charge >= 0.3 is 0 Å². The summed E-state index contributed by atoms with van der Waals surface area (Å²) in [5, 5.41) is 11.0. The lowest BCUT2D eigenvalue weighted by molar-refractivity contribution is -0.0488. The van der Waals surface area contributed by atoms with E-state index in [0.29, 0.717) is 0 Å². The smallest absolute Gasteiger partial charge is 0.192 e. The molecule has 172 valence electrons. The molecule has 4 heteroatoms. The highest BCUT2D eigenvalue weighted by Crippen LogP contribution is 2.40. The summed E-state index contributed by atoms with van der Waals surface area (Å²) in [6, 6.07) is 0. The van der Waals surface area contributed by atoms with E-state index in [1.165, 1.54) is 44.9 Å². The highest BCUT2D eigenvalue weighted by molar-refractivity contribution is 6.74. The number of unbranched alkanes of at least 4 members (excludes halogenated alkanes) is 7. The molecule has 0 unspecified atom stereocenters. The van der Waals surface area contributed by atoms with Crippen molar-refractivity contribution in [3.63, 3.8) is 0 Å². The predicted octanol–water partition coefficient (Wildman–Crippen LogP) is 7.39. The molecule has 1 rings (SSSR count). The van der Waals surface area contributed by atoms with Gasteiger partial charge in [0, 0.05) is 6.42 Å². The summed E-state index contributed by atoms with van der Waals surface area (Å²) in [7, 11) is -1.84. The van der Waals surface area contributed by atoms with E-state index in [-0.39, 0.29) is 29.5 Å². The molecule has 3 nitrogen and oxygen atoms in total. The number of hydrogen-bond donors (Lipinski definition) is 1. The summed E-state index contributed by atoms with van der Waals surface area (Å²) in [5.74, 6) is 0. The Bertz CT molecular complexity index is 444. The Balaban J connectivity index is 2.53. The van der Waals surface area contributed by atoms with Crippen molar-refractivity contribution in [2.45, 2.75) is 147 Å². The van der Waals surface area contributed by atoms with Gasteiger partial charge in [-0.05, 0) is 43.8 Å². The Hall–Kier alpha value is -0.163. The maximum Gasteiger partial charge on any atom is 0.192 e. The molecule has 0 saturated carbocycles. The van der Waals surface area contributed by atoms with E-state index in [9.17, 15) is 5.11 Å². The zero-order valence-electron chi connectivity index (χ0n) is 20.3. The summed E-state index contributed by atoms with van der Waals surface area (Å²) >= 11 is 0. The lowest BCUT2D eigenvalue weighted by atomic mass is 10.0. The fourth-order valence-corrected chi connectivity index (χ4v) is 5.24. The topological polar surface area (TPSA) is 38.7 Å². The molecule has 1 heterocycles. The third-order valence-corrected chi connectivity index (χ3v) is 11.4. The lowest BCUT2D eigenvalue weighted by Gasteiger charge is -2.39. The van der Waals surface area contributed by atoms with Crippen LogP contribution in [0.1, 0.15) is 105 Å². The van der Waals surface area contributed by atoms with Gasteiger partial charge < -0.3 is 14.3 Å². The summed E-state index contributed by atoms with van der Waals surface area (Å²) in [4.78, 5) is 0. The zero-order chi connectivity index (χ0) is 21.9. The number of aliphatic hydroxyl groups is 1. The van der Waals surface area contributed by atoms with Crippen LogP contribution < -0.4 is 0 Å². The molecule has 1 N–H and O–H groups in total.